The number of β-amino-alcohol motifs (C(OH)–C–C–N with tert-alkyl or cyclic N) is 1. The molecule has 2 rings (SSSR count). The Hall–Kier alpha value is -1.53. The third-order valence-corrected chi connectivity index (χ3v) is 3.53. The second-order valence-electron chi connectivity index (χ2n) is 4.80. The molecule has 1 aliphatic heterocycles. The van der Waals surface area contributed by atoms with E-state index in [0.717, 1.165) is 6.07 Å². The lowest BCUT2D eigenvalue weighted by Crippen LogP contribution is -2.35. The van der Waals surface area contributed by atoms with Crippen LogP contribution in [0.3, 0.4) is 0 Å². The molecule has 4 N–H and O–H groups in total. The summed E-state index contributed by atoms with van der Waals surface area (Å²) in [5.74, 6) is -1.94. The molecule has 0 bridgehead atoms. The van der Waals surface area contributed by atoms with Gasteiger partial charge in [0.05, 0.1) is 6.61 Å². The van der Waals surface area contributed by atoms with Crippen molar-refractivity contribution >= 4 is 5.91 Å². The maximum absolute atomic E-state index is 13.8. The van der Waals surface area contributed by atoms with Crippen molar-refractivity contribution in [3.05, 3.63) is 35.4 Å². The van der Waals surface area contributed by atoms with E-state index >= 15 is 0 Å². The van der Waals surface area contributed by atoms with Gasteiger partial charge in [0.1, 0.15) is 0 Å². The zero-order valence-corrected chi connectivity index (χ0v) is 11.3. The van der Waals surface area contributed by atoms with E-state index in [1.165, 1.54) is 11.0 Å². The minimum atomic E-state index is -0.859. The molecule has 0 radical (unpaired) electrons. The van der Waals surface area contributed by atoms with Crippen LogP contribution in [-0.2, 0) is 4.79 Å². The normalized spacial score (nSPS) is 19.4. The number of hydrogen-bond donors (Lipinski definition) is 2. The molecule has 0 aliphatic carbocycles. The van der Waals surface area contributed by atoms with Crippen LogP contribution in [0.2, 0.25) is 0 Å². The Morgan fingerprint density at radius 1 is 1.35 bits per heavy atom. The molecule has 1 atom stereocenters. The summed E-state index contributed by atoms with van der Waals surface area (Å²) in [7, 11) is 0. The third kappa shape index (κ3) is 3.52. The van der Waals surface area contributed by atoms with E-state index in [1.54, 1.807) is 6.07 Å². The van der Waals surface area contributed by atoms with Gasteiger partial charge in [0.25, 0.3) is 0 Å². The molecule has 1 heterocycles. The largest absolute Gasteiger partial charge is 0.395 e. The molecule has 0 unspecified atom stereocenters. The van der Waals surface area contributed by atoms with E-state index in [9.17, 15) is 13.6 Å². The van der Waals surface area contributed by atoms with Crippen LogP contribution in [0.25, 0.3) is 0 Å². The van der Waals surface area contributed by atoms with Gasteiger partial charge in [0.2, 0.25) is 5.91 Å². The molecule has 20 heavy (non-hydrogen) atoms. The van der Waals surface area contributed by atoms with E-state index in [1.807, 2.05) is 0 Å². The maximum Gasteiger partial charge on any atom is 0.222 e. The van der Waals surface area contributed by atoms with E-state index in [4.69, 9.17) is 5.11 Å². The van der Waals surface area contributed by atoms with Crippen LogP contribution < -0.4 is 6.15 Å². The first-order valence-electron chi connectivity index (χ1n) is 6.46. The molecule has 1 aliphatic rings. The molecule has 112 valence electrons. The molecule has 1 fully saturated rings. The Bertz CT molecular complexity index is 468. The Morgan fingerprint density at radius 2 is 2.10 bits per heavy atom. The first-order valence-corrected chi connectivity index (χ1v) is 6.46. The molecular weight excluding hydrogens is 266 g/mol. The number of likely N-dealkylation sites (tertiary alicyclic amines) is 1. The molecule has 1 saturated heterocycles. The summed E-state index contributed by atoms with van der Waals surface area (Å²) in [5.41, 5.74) is 0.317. The summed E-state index contributed by atoms with van der Waals surface area (Å²) in [4.78, 5) is 13.3. The van der Waals surface area contributed by atoms with Crippen LogP contribution in [0.5, 0.6) is 0 Å². The van der Waals surface area contributed by atoms with E-state index in [0.29, 0.717) is 31.4 Å². The number of hydrogen-bond acceptors (Lipinski definition) is 3. The predicted molar refractivity (Wildman–Crippen MR) is 71.6 cm³/mol. The first kappa shape index (κ1) is 16.5. The molecule has 0 aromatic heterocycles. The molecule has 1 aromatic carbocycles. The van der Waals surface area contributed by atoms with Gasteiger partial charge in [-0.25, -0.2) is 8.78 Å². The molecule has 1 amide bonds. The quantitative estimate of drug-likeness (QED) is 0.894. The predicted octanol–water partition coefficient (Wildman–Crippen LogP) is 2.22. The number of amides is 1. The van der Waals surface area contributed by atoms with Crippen molar-refractivity contribution in [1.82, 2.24) is 11.1 Å². The fourth-order valence-electron chi connectivity index (χ4n) is 2.54. The molecular formula is C14H20F2N2O2. The first-order chi connectivity index (χ1) is 9.13. The van der Waals surface area contributed by atoms with Gasteiger partial charge in [-0.2, -0.15) is 0 Å². The highest BCUT2D eigenvalue weighted by Crippen LogP contribution is 2.29. The minimum absolute atomic E-state index is 0. The SMILES string of the molecule is N.O=C1CCC[C@@H](c2cccc(F)c2F)CN1CCO. The standard InChI is InChI=1S/C14H17F2NO2.H3N/c15-12-5-2-4-11(14(12)16)10-3-1-6-13(19)17(9-10)7-8-18;/h2,4-5,10,18H,1,3,6-9H2;1H3/t10-;/m1./s1. The van der Waals surface area contributed by atoms with Gasteiger partial charge in [-0.15, -0.1) is 0 Å². The average Bonchev–Trinajstić information content (AvgIpc) is 2.56. The molecule has 0 saturated carbocycles. The van der Waals surface area contributed by atoms with Gasteiger partial charge in [-0.1, -0.05) is 12.1 Å². The van der Waals surface area contributed by atoms with Crippen LogP contribution in [-0.4, -0.2) is 35.6 Å². The maximum atomic E-state index is 13.8. The van der Waals surface area contributed by atoms with Gasteiger partial charge in [0, 0.05) is 25.4 Å². The Balaban J connectivity index is 0.00000200. The lowest BCUT2D eigenvalue weighted by atomic mass is 9.93. The number of aliphatic hydroxyl groups excluding tert-OH is 1. The summed E-state index contributed by atoms with van der Waals surface area (Å²) < 4.78 is 27.1. The number of halogens is 2. The van der Waals surface area contributed by atoms with E-state index in [2.05, 4.69) is 0 Å². The molecule has 4 nitrogen and oxygen atoms in total. The van der Waals surface area contributed by atoms with Crippen LogP contribution in [0.1, 0.15) is 30.7 Å². The highest BCUT2D eigenvalue weighted by molar-refractivity contribution is 5.76. The van der Waals surface area contributed by atoms with Crippen LogP contribution in [0.15, 0.2) is 18.2 Å². The van der Waals surface area contributed by atoms with Gasteiger partial charge < -0.3 is 16.2 Å². The van der Waals surface area contributed by atoms with Gasteiger partial charge in [0.15, 0.2) is 11.6 Å². The minimum Gasteiger partial charge on any atom is -0.395 e. The smallest absolute Gasteiger partial charge is 0.222 e. The topological polar surface area (TPSA) is 75.5 Å². The Morgan fingerprint density at radius 3 is 2.80 bits per heavy atom. The second-order valence-corrected chi connectivity index (χ2v) is 4.80. The van der Waals surface area contributed by atoms with Crippen molar-refractivity contribution in [2.24, 2.45) is 0 Å². The average molecular weight is 286 g/mol. The van der Waals surface area contributed by atoms with E-state index in [-0.39, 0.29) is 31.1 Å². The monoisotopic (exact) mass is 286 g/mol. The summed E-state index contributed by atoms with van der Waals surface area (Å²) in [5, 5.41) is 8.96. The highest BCUT2D eigenvalue weighted by Gasteiger charge is 2.26. The fraction of sp³-hybridized carbons (Fsp3) is 0.500. The number of aliphatic hydroxyl groups is 1. The summed E-state index contributed by atoms with van der Waals surface area (Å²) in [6, 6.07) is 4.14. The second kappa shape index (κ2) is 7.31. The van der Waals surface area contributed by atoms with Crippen molar-refractivity contribution < 1.29 is 18.7 Å². The van der Waals surface area contributed by atoms with Crippen LogP contribution >= 0.6 is 0 Å². The van der Waals surface area contributed by atoms with E-state index < -0.39 is 11.6 Å². The zero-order chi connectivity index (χ0) is 13.8. The van der Waals surface area contributed by atoms with Crippen molar-refractivity contribution in [3.63, 3.8) is 0 Å². The number of nitrogens with zero attached hydrogens (tertiary/aromatic N) is 1. The van der Waals surface area contributed by atoms with Crippen LogP contribution in [0, 0.1) is 11.6 Å². The zero-order valence-electron chi connectivity index (χ0n) is 11.3. The van der Waals surface area contributed by atoms with Gasteiger partial charge in [-0.3, -0.25) is 4.79 Å². The number of carbonyl (C=O) groups is 1. The van der Waals surface area contributed by atoms with Gasteiger partial charge >= 0.3 is 0 Å². The third-order valence-electron chi connectivity index (χ3n) is 3.53. The lowest BCUT2D eigenvalue weighted by Gasteiger charge is -2.24. The number of carbonyl (C=O) groups excluding carboxylic acids is 1. The van der Waals surface area contributed by atoms with Crippen molar-refractivity contribution in [2.45, 2.75) is 25.2 Å². The Labute approximate surface area is 117 Å². The summed E-state index contributed by atoms with van der Waals surface area (Å²) in [6.45, 7) is 0.454. The van der Waals surface area contributed by atoms with Crippen LogP contribution in [0.4, 0.5) is 8.78 Å². The lowest BCUT2D eigenvalue weighted by molar-refractivity contribution is -0.131. The van der Waals surface area contributed by atoms with Crippen molar-refractivity contribution in [2.75, 3.05) is 19.7 Å². The summed E-state index contributed by atoms with van der Waals surface area (Å²) >= 11 is 0. The van der Waals surface area contributed by atoms with Crippen molar-refractivity contribution in [1.29, 1.82) is 0 Å². The number of benzene rings is 1. The van der Waals surface area contributed by atoms with Crippen molar-refractivity contribution in [3.8, 4) is 0 Å². The molecule has 1 aromatic rings. The summed E-state index contributed by atoms with van der Waals surface area (Å²) in [6.07, 6.45) is 1.70. The van der Waals surface area contributed by atoms with Gasteiger partial charge in [-0.05, 0) is 24.5 Å². The number of rotatable bonds is 3. The Kier molecular flexibility index (Phi) is 6.04. The fourth-order valence-corrected chi connectivity index (χ4v) is 2.54. The molecule has 0 spiro atoms. The highest BCUT2D eigenvalue weighted by atomic mass is 19.2. The molecule has 6 heteroatoms.